The van der Waals surface area contributed by atoms with E-state index in [0.29, 0.717) is 29.8 Å². The molecule has 0 N–H and O–H groups in total. The minimum Gasteiger partial charge on any atom is -0.493 e. The van der Waals surface area contributed by atoms with Gasteiger partial charge in [0.1, 0.15) is 17.1 Å². The number of hydrogen-bond donors (Lipinski definition) is 0. The molecule has 1 saturated heterocycles. The maximum Gasteiger partial charge on any atom is 0.214 e. The van der Waals surface area contributed by atoms with Gasteiger partial charge < -0.3 is 18.6 Å². The van der Waals surface area contributed by atoms with Crippen LogP contribution in [0, 0.1) is 0 Å². The van der Waals surface area contributed by atoms with Gasteiger partial charge in [-0.25, -0.2) is 9.97 Å². The molecule has 31 heavy (non-hydrogen) atoms. The second-order valence-electron chi connectivity index (χ2n) is 8.04. The summed E-state index contributed by atoms with van der Waals surface area (Å²) in [6.45, 7) is 7.85. The zero-order chi connectivity index (χ0) is 21.8. The zero-order valence-electron chi connectivity index (χ0n) is 18.3. The average molecular weight is 424 g/mol. The normalized spacial score (nSPS) is 14.8. The molecule has 164 valence electrons. The lowest BCUT2D eigenvalue weighted by Crippen LogP contribution is -2.14. The number of fused-ring (bicyclic) bond motifs is 1. The molecule has 0 amide bonds. The van der Waals surface area contributed by atoms with Crippen molar-refractivity contribution in [3.8, 4) is 11.6 Å². The van der Waals surface area contributed by atoms with E-state index in [9.17, 15) is 4.79 Å². The van der Waals surface area contributed by atoms with Crippen molar-refractivity contribution in [2.45, 2.75) is 52.1 Å². The Hall–Kier alpha value is -2.93. The lowest BCUT2D eigenvalue weighted by Gasteiger charge is -2.19. The van der Waals surface area contributed by atoms with E-state index in [4.69, 9.17) is 19.2 Å². The molecule has 0 atom stereocenters. The molecule has 7 nitrogen and oxygen atoms in total. The van der Waals surface area contributed by atoms with Gasteiger partial charge in [0.05, 0.1) is 18.4 Å². The molecule has 4 heterocycles. The Morgan fingerprint density at radius 3 is 2.77 bits per heavy atom. The molecule has 0 aliphatic carbocycles. The van der Waals surface area contributed by atoms with Gasteiger partial charge in [0.25, 0.3) is 0 Å². The summed E-state index contributed by atoms with van der Waals surface area (Å²) in [4.78, 5) is 22.2. The fourth-order valence-corrected chi connectivity index (χ4v) is 3.83. The molecule has 0 radical (unpaired) electrons. The van der Waals surface area contributed by atoms with E-state index in [2.05, 4.69) is 11.2 Å². The first-order valence-electron chi connectivity index (χ1n) is 10.9. The Balaban J connectivity index is 1.61. The third-order valence-corrected chi connectivity index (χ3v) is 5.31. The number of ether oxygens (including phenoxy) is 3. The number of hydrogen-bond acceptors (Lipinski definition) is 6. The number of pyridine rings is 2. The van der Waals surface area contributed by atoms with Crippen molar-refractivity contribution in [2.24, 2.45) is 0 Å². The first-order valence-corrected chi connectivity index (χ1v) is 10.9. The predicted molar refractivity (Wildman–Crippen MR) is 117 cm³/mol. The van der Waals surface area contributed by atoms with E-state index in [0.717, 1.165) is 43.0 Å². The molecular weight excluding hydrogens is 394 g/mol. The van der Waals surface area contributed by atoms with Crippen LogP contribution >= 0.6 is 0 Å². The van der Waals surface area contributed by atoms with Crippen molar-refractivity contribution < 1.29 is 19.0 Å². The van der Waals surface area contributed by atoms with Crippen LogP contribution in [0.25, 0.3) is 5.65 Å². The standard InChI is InChI=1S/C24H29N3O4/c1-4-30-22-13-23-25-20(17-8-10-29-11-9-17)15-27(23)14-18(22)12-21(28)19-6-5-7-24(26-19)31-16(2)3/h5-7,13-17H,4,8-12H2,1-3H3. The highest BCUT2D eigenvalue weighted by Gasteiger charge is 2.20. The van der Waals surface area contributed by atoms with Crippen LogP contribution in [0.2, 0.25) is 0 Å². The van der Waals surface area contributed by atoms with E-state index in [1.807, 2.05) is 37.4 Å². The Bertz CT molecular complexity index is 1050. The van der Waals surface area contributed by atoms with Crippen molar-refractivity contribution in [2.75, 3.05) is 19.8 Å². The Morgan fingerprint density at radius 1 is 1.23 bits per heavy atom. The first-order chi connectivity index (χ1) is 15.0. The minimum atomic E-state index is -0.0840. The highest BCUT2D eigenvalue weighted by molar-refractivity contribution is 5.96. The van der Waals surface area contributed by atoms with Crippen molar-refractivity contribution in [1.82, 2.24) is 14.4 Å². The maximum absolute atomic E-state index is 13.0. The molecule has 1 aliphatic rings. The lowest BCUT2D eigenvalue weighted by atomic mass is 9.97. The van der Waals surface area contributed by atoms with E-state index in [1.54, 1.807) is 18.2 Å². The molecule has 3 aromatic heterocycles. The van der Waals surface area contributed by atoms with Gasteiger partial charge in [-0.2, -0.15) is 0 Å². The summed E-state index contributed by atoms with van der Waals surface area (Å²) in [5.41, 5.74) is 3.09. The smallest absolute Gasteiger partial charge is 0.214 e. The number of carbonyl (C=O) groups excluding carboxylic acids is 1. The lowest BCUT2D eigenvalue weighted by molar-refractivity contribution is 0.0846. The number of Topliss-reactive ketones (excluding diaryl/α,β-unsaturated/α-hetero) is 1. The van der Waals surface area contributed by atoms with Crippen LogP contribution in [-0.2, 0) is 11.2 Å². The highest BCUT2D eigenvalue weighted by Crippen LogP contribution is 2.29. The summed E-state index contributed by atoms with van der Waals surface area (Å²) in [5.74, 6) is 1.46. The van der Waals surface area contributed by atoms with Gasteiger partial charge in [0.2, 0.25) is 5.88 Å². The van der Waals surface area contributed by atoms with Crippen LogP contribution in [0.5, 0.6) is 11.6 Å². The molecule has 7 heteroatoms. The number of ketones is 1. The summed E-state index contributed by atoms with van der Waals surface area (Å²) < 4.78 is 18.9. The molecule has 1 aliphatic heterocycles. The molecule has 3 aromatic rings. The van der Waals surface area contributed by atoms with Gasteiger partial charge in [-0.05, 0) is 39.7 Å². The number of rotatable bonds is 8. The fourth-order valence-electron chi connectivity index (χ4n) is 3.83. The SMILES string of the molecule is CCOc1cc2nc(C3CCOCC3)cn2cc1CC(=O)c1cccc(OC(C)C)n1. The summed E-state index contributed by atoms with van der Waals surface area (Å²) >= 11 is 0. The van der Waals surface area contributed by atoms with E-state index >= 15 is 0 Å². The second kappa shape index (κ2) is 9.47. The molecule has 1 fully saturated rings. The zero-order valence-corrected chi connectivity index (χ0v) is 18.3. The quantitative estimate of drug-likeness (QED) is 0.505. The van der Waals surface area contributed by atoms with Crippen LogP contribution in [0.1, 0.15) is 61.3 Å². The molecule has 0 saturated carbocycles. The van der Waals surface area contributed by atoms with E-state index in [1.165, 1.54) is 0 Å². The number of aromatic nitrogens is 3. The summed E-state index contributed by atoms with van der Waals surface area (Å²) in [5, 5.41) is 0. The van der Waals surface area contributed by atoms with Crippen LogP contribution in [-0.4, -0.2) is 46.1 Å². The molecule has 0 spiro atoms. The Morgan fingerprint density at radius 2 is 2.03 bits per heavy atom. The molecular formula is C24H29N3O4. The van der Waals surface area contributed by atoms with Crippen molar-refractivity contribution in [3.05, 3.63) is 53.6 Å². The second-order valence-corrected chi connectivity index (χ2v) is 8.04. The van der Waals surface area contributed by atoms with Crippen molar-refractivity contribution in [1.29, 1.82) is 0 Å². The largest absolute Gasteiger partial charge is 0.493 e. The molecule has 0 aromatic carbocycles. The maximum atomic E-state index is 13.0. The van der Waals surface area contributed by atoms with E-state index in [-0.39, 0.29) is 18.3 Å². The predicted octanol–water partition coefficient (Wildman–Crippen LogP) is 4.23. The van der Waals surface area contributed by atoms with Crippen LogP contribution in [0.15, 0.2) is 36.7 Å². The molecule has 4 rings (SSSR count). The topological polar surface area (TPSA) is 75.0 Å². The summed E-state index contributed by atoms with van der Waals surface area (Å²) in [7, 11) is 0. The van der Waals surface area contributed by atoms with Gasteiger partial charge in [0.15, 0.2) is 5.78 Å². The van der Waals surface area contributed by atoms with Crippen molar-refractivity contribution >= 4 is 11.4 Å². The molecule has 0 bridgehead atoms. The third kappa shape index (κ3) is 5.05. The number of nitrogens with zero attached hydrogens (tertiary/aromatic N) is 3. The Kier molecular flexibility index (Phi) is 6.51. The highest BCUT2D eigenvalue weighted by atomic mass is 16.5. The monoisotopic (exact) mass is 423 g/mol. The van der Waals surface area contributed by atoms with Crippen molar-refractivity contribution in [3.63, 3.8) is 0 Å². The van der Waals surface area contributed by atoms with Crippen LogP contribution < -0.4 is 9.47 Å². The first kappa shape index (κ1) is 21.3. The number of imidazole rings is 1. The van der Waals surface area contributed by atoms with Gasteiger partial charge in [-0.3, -0.25) is 4.79 Å². The third-order valence-electron chi connectivity index (χ3n) is 5.31. The number of carbonyl (C=O) groups is 1. The Labute approximate surface area is 182 Å². The van der Waals surface area contributed by atoms with E-state index < -0.39 is 0 Å². The van der Waals surface area contributed by atoms with Crippen LogP contribution in [0.4, 0.5) is 0 Å². The fraction of sp³-hybridized carbons (Fsp3) is 0.458. The van der Waals surface area contributed by atoms with Crippen LogP contribution in [0.3, 0.4) is 0 Å². The summed E-state index contributed by atoms with van der Waals surface area (Å²) in [6.07, 6.45) is 6.15. The van der Waals surface area contributed by atoms with Gasteiger partial charge >= 0.3 is 0 Å². The van der Waals surface area contributed by atoms with Gasteiger partial charge in [0, 0.05) is 55.6 Å². The summed E-state index contributed by atoms with van der Waals surface area (Å²) in [6, 6.07) is 7.19. The average Bonchev–Trinajstić information content (AvgIpc) is 3.17. The van der Waals surface area contributed by atoms with Gasteiger partial charge in [-0.1, -0.05) is 6.07 Å². The van der Waals surface area contributed by atoms with Gasteiger partial charge in [-0.15, -0.1) is 0 Å². The minimum absolute atomic E-state index is 0.00372. The molecule has 0 unspecified atom stereocenters.